The number of sulfonamides is 1. The van der Waals surface area contributed by atoms with Gasteiger partial charge in [-0.2, -0.15) is 4.98 Å². The second-order valence-electron chi connectivity index (χ2n) is 6.27. The number of imidazole rings is 1. The molecule has 0 aliphatic heterocycles. The fourth-order valence-corrected chi connectivity index (χ4v) is 3.83. The van der Waals surface area contributed by atoms with Crippen LogP contribution in [0.1, 0.15) is 5.82 Å². The molecule has 152 valence electrons. The standard InChI is InChI=1S/C20H16ClN5O3S/c1-14-23-19(26-11-10-22-13-26)12-20(24-14)29-17-6-4-16(5-7-17)25-30(27,28)18-8-2-15(21)3-9-18/h2-13,25H,1H3. The van der Waals surface area contributed by atoms with Crippen LogP contribution in [0.2, 0.25) is 5.02 Å². The summed E-state index contributed by atoms with van der Waals surface area (Å²) in [6, 6.07) is 14.1. The predicted molar refractivity (Wildman–Crippen MR) is 113 cm³/mol. The Morgan fingerprint density at radius 3 is 2.43 bits per heavy atom. The number of anilines is 1. The summed E-state index contributed by atoms with van der Waals surface area (Å²) in [5.74, 6) is 2.03. The predicted octanol–water partition coefficient (Wildman–Crippen LogP) is 4.22. The number of nitrogens with zero attached hydrogens (tertiary/aromatic N) is 4. The number of nitrogens with one attached hydrogen (secondary N) is 1. The molecule has 0 amide bonds. The summed E-state index contributed by atoms with van der Waals surface area (Å²) in [6.07, 6.45) is 5.06. The lowest BCUT2D eigenvalue weighted by atomic mass is 10.3. The van der Waals surface area contributed by atoms with Gasteiger partial charge in [0.25, 0.3) is 10.0 Å². The van der Waals surface area contributed by atoms with Crippen molar-refractivity contribution in [1.29, 1.82) is 0 Å². The summed E-state index contributed by atoms with van der Waals surface area (Å²) in [5.41, 5.74) is 0.398. The van der Waals surface area contributed by atoms with Crippen LogP contribution >= 0.6 is 11.6 Å². The normalized spacial score (nSPS) is 11.3. The van der Waals surface area contributed by atoms with Gasteiger partial charge in [0.2, 0.25) is 5.88 Å². The van der Waals surface area contributed by atoms with E-state index in [2.05, 4.69) is 19.7 Å². The molecule has 4 aromatic rings. The number of hydrogen-bond acceptors (Lipinski definition) is 6. The second kappa shape index (κ2) is 8.13. The largest absolute Gasteiger partial charge is 0.439 e. The Morgan fingerprint density at radius 1 is 1.03 bits per heavy atom. The summed E-state index contributed by atoms with van der Waals surface area (Å²) in [4.78, 5) is 12.8. The van der Waals surface area contributed by atoms with Crippen molar-refractivity contribution in [2.24, 2.45) is 0 Å². The minimum Gasteiger partial charge on any atom is -0.439 e. The Hall–Kier alpha value is -3.43. The Labute approximate surface area is 178 Å². The van der Waals surface area contributed by atoms with Gasteiger partial charge in [0, 0.05) is 29.2 Å². The van der Waals surface area contributed by atoms with E-state index in [1.165, 1.54) is 24.3 Å². The molecule has 0 spiro atoms. The van der Waals surface area contributed by atoms with Crippen molar-refractivity contribution in [3.8, 4) is 17.4 Å². The number of hydrogen-bond donors (Lipinski definition) is 1. The first-order valence-electron chi connectivity index (χ1n) is 8.79. The molecule has 0 saturated carbocycles. The molecule has 2 aromatic carbocycles. The van der Waals surface area contributed by atoms with Crippen LogP contribution in [0.4, 0.5) is 5.69 Å². The minimum absolute atomic E-state index is 0.121. The topological polar surface area (TPSA) is 99.0 Å². The zero-order chi connectivity index (χ0) is 21.1. The average molecular weight is 442 g/mol. The van der Waals surface area contributed by atoms with Gasteiger partial charge in [0.1, 0.15) is 23.7 Å². The summed E-state index contributed by atoms with van der Waals surface area (Å²) in [5, 5.41) is 0.464. The lowest BCUT2D eigenvalue weighted by Crippen LogP contribution is -2.12. The van der Waals surface area contributed by atoms with Gasteiger partial charge in [-0.25, -0.2) is 18.4 Å². The zero-order valence-electron chi connectivity index (χ0n) is 15.7. The summed E-state index contributed by atoms with van der Waals surface area (Å²) >= 11 is 5.81. The number of ether oxygens (including phenoxy) is 1. The molecule has 0 saturated heterocycles. The van der Waals surface area contributed by atoms with Crippen LogP contribution in [0.15, 0.2) is 78.2 Å². The van der Waals surface area contributed by atoms with Crippen LogP contribution in [0.5, 0.6) is 11.6 Å². The van der Waals surface area contributed by atoms with E-state index >= 15 is 0 Å². The molecule has 0 atom stereocenters. The van der Waals surface area contributed by atoms with E-state index in [9.17, 15) is 8.42 Å². The molecule has 1 N–H and O–H groups in total. The van der Waals surface area contributed by atoms with E-state index in [0.717, 1.165) is 0 Å². The molecular weight excluding hydrogens is 426 g/mol. The van der Waals surface area contributed by atoms with Crippen molar-refractivity contribution in [2.75, 3.05) is 4.72 Å². The van der Waals surface area contributed by atoms with E-state index in [-0.39, 0.29) is 4.90 Å². The Bertz CT molecular complexity index is 1260. The van der Waals surface area contributed by atoms with Gasteiger partial charge in [-0.3, -0.25) is 9.29 Å². The first-order chi connectivity index (χ1) is 14.4. The average Bonchev–Trinajstić information content (AvgIpc) is 3.24. The van der Waals surface area contributed by atoms with E-state index < -0.39 is 10.0 Å². The number of benzene rings is 2. The Morgan fingerprint density at radius 2 is 1.77 bits per heavy atom. The summed E-state index contributed by atoms with van der Waals surface area (Å²) in [6.45, 7) is 1.77. The van der Waals surface area contributed by atoms with Gasteiger partial charge < -0.3 is 4.74 Å². The molecule has 0 radical (unpaired) electrons. The molecule has 0 unspecified atom stereocenters. The number of aromatic nitrogens is 4. The first-order valence-corrected chi connectivity index (χ1v) is 10.7. The van der Waals surface area contributed by atoms with Crippen LogP contribution in [0.3, 0.4) is 0 Å². The monoisotopic (exact) mass is 441 g/mol. The first kappa shape index (κ1) is 19.9. The maximum absolute atomic E-state index is 12.5. The third-order valence-corrected chi connectivity index (χ3v) is 5.67. The fraction of sp³-hybridized carbons (Fsp3) is 0.0500. The van der Waals surface area contributed by atoms with Crippen molar-refractivity contribution in [2.45, 2.75) is 11.8 Å². The lowest BCUT2D eigenvalue weighted by molar-refractivity contribution is 0.459. The van der Waals surface area contributed by atoms with Gasteiger partial charge in [0.05, 0.1) is 4.90 Å². The number of rotatable bonds is 6. The molecule has 8 nitrogen and oxygen atoms in total. The molecule has 0 aliphatic carbocycles. The van der Waals surface area contributed by atoms with Gasteiger partial charge in [0.15, 0.2) is 0 Å². The van der Waals surface area contributed by atoms with Crippen LogP contribution in [-0.2, 0) is 10.0 Å². The second-order valence-corrected chi connectivity index (χ2v) is 8.39. The zero-order valence-corrected chi connectivity index (χ0v) is 17.3. The molecule has 10 heteroatoms. The fourth-order valence-electron chi connectivity index (χ4n) is 2.64. The molecule has 2 aromatic heterocycles. The lowest BCUT2D eigenvalue weighted by Gasteiger charge is -2.10. The van der Waals surface area contributed by atoms with Crippen molar-refractivity contribution in [3.63, 3.8) is 0 Å². The van der Waals surface area contributed by atoms with E-state index in [4.69, 9.17) is 16.3 Å². The van der Waals surface area contributed by atoms with E-state index in [1.807, 2.05) is 0 Å². The maximum Gasteiger partial charge on any atom is 0.261 e. The third kappa shape index (κ3) is 4.58. The van der Waals surface area contributed by atoms with Crippen LogP contribution < -0.4 is 9.46 Å². The van der Waals surface area contributed by atoms with E-state index in [1.54, 1.807) is 60.5 Å². The van der Waals surface area contributed by atoms with Crippen LogP contribution in [0, 0.1) is 6.92 Å². The van der Waals surface area contributed by atoms with Crippen LogP contribution in [-0.4, -0.2) is 27.9 Å². The van der Waals surface area contributed by atoms with Crippen LogP contribution in [0.25, 0.3) is 5.82 Å². The van der Waals surface area contributed by atoms with E-state index in [0.29, 0.717) is 34.0 Å². The molecule has 0 fully saturated rings. The summed E-state index contributed by atoms with van der Waals surface area (Å²) < 4.78 is 35.0. The van der Waals surface area contributed by atoms with Crippen molar-refractivity contribution < 1.29 is 13.2 Å². The molecule has 2 heterocycles. The van der Waals surface area contributed by atoms with Crippen molar-refractivity contribution in [1.82, 2.24) is 19.5 Å². The maximum atomic E-state index is 12.5. The molecule has 0 bridgehead atoms. The Kier molecular flexibility index (Phi) is 5.39. The highest BCUT2D eigenvalue weighted by Crippen LogP contribution is 2.24. The highest BCUT2D eigenvalue weighted by Gasteiger charge is 2.14. The highest BCUT2D eigenvalue weighted by molar-refractivity contribution is 7.92. The number of halogens is 1. The highest BCUT2D eigenvalue weighted by atomic mass is 35.5. The van der Waals surface area contributed by atoms with Crippen molar-refractivity contribution in [3.05, 3.63) is 84.2 Å². The third-order valence-electron chi connectivity index (χ3n) is 4.02. The smallest absolute Gasteiger partial charge is 0.261 e. The quantitative estimate of drug-likeness (QED) is 0.481. The van der Waals surface area contributed by atoms with Crippen molar-refractivity contribution >= 4 is 27.3 Å². The van der Waals surface area contributed by atoms with Gasteiger partial charge in [-0.15, -0.1) is 0 Å². The number of aryl methyl sites for hydroxylation is 1. The van der Waals surface area contributed by atoms with Gasteiger partial charge in [-0.05, 0) is 55.5 Å². The Balaban J connectivity index is 1.50. The van der Waals surface area contributed by atoms with Gasteiger partial charge >= 0.3 is 0 Å². The SMILES string of the molecule is Cc1nc(Oc2ccc(NS(=O)(=O)c3ccc(Cl)cc3)cc2)cc(-n2ccnc2)n1. The molecule has 0 aliphatic rings. The minimum atomic E-state index is -3.72. The van der Waals surface area contributed by atoms with Gasteiger partial charge in [-0.1, -0.05) is 11.6 Å². The summed E-state index contributed by atoms with van der Waals surface area (Å²) in [7, 11) is -3.72. The molecule has 4 rings (SSSR count). The molecular formula is C20H16ClN5O3S. The molecule has 30 heavy (non-hydrogen) atoms.